The van der Waals surface area contributed by atoms with Gasteiger partial charge in [0, 0.05) is 23.1 Å². The molecule has 1 heterocycles. The van der Waals surface area contributed by atoms with Gasteiger partial charge in [0.05, 0.1) is 0 Å². The minimum atomic E-state index is -0.464. The molecule has 1 saturated heterocycles. The van der Waals surface area contributed by atoms with Crippen molar-refractivity contribution < 1.29 is 9.59 Å². The third-order valence-electron chi connectivity index (χ3n) is 3.99. The predicted octanol–water partition coefficient (Wildman–Crippen LogP) is 3.22. The lowest BCUT2D eigenvalue weighted by atomic mass is 10.0. The fraction of sp³-hybridized carbons (Fsp3) is 0.529. The standard InChI is InChI=1S/C17H23BrN2O2/c1-12(2)15(17(22)20-10-4-3-5-11-20)19-16(21)13-6-8-14(18)9-7-13/h6-9,12,15H,3-5,10-11H2,1-2H3,(H,19,21)/t15-/m1/s1. The van der Waals surface area contributed by atoms with Crippen molar-refractivity contribution in [3.8, 4) is 0 Å². The minimum Gasteiger partial charge on any atom is -0.341 e. The molecule has 22 heavy (non-hydrogen) atoms. The molecule has 2 amide bonds. The lowest BCUT2D eigenvalue weighted by molar-refractivity contribution is -0.135. The average Bonchev–Trinajstić information content (AvgIpc) is 2.53. The van der Waals surface area contributed by atoms with Gasteiger partial charge in [-0.2, -0.15) is 0 Å². The molecule has 0 spiro atoms. The second-order valence-electron chi connectivity index (χ2n) is 6.09. The van der Waals surface area contributed by atoms with Crippen molar-refractivity contribution in [2.45, 2.75) is 39.2 Å². The van der Waals surface area contributed by atoms with Crippen LogP contribution in [-0.4, -0.2) is 35.8 Å². The Labute approximate surface area is 140 Å². The van der Waals surface area contributed by atoms with Crippen LogP contribution < -0.4 is 5.32 Å². The average molecular weight is 367 g/mol. The van der Waals surface area contributed by atoms with E-state index in [1.54, 1.807) is 12.1 Å². The number of hydrogen-bond acceptors (Lipinski definition) is 2. The summed E-state index contributed by atoms with van der Waals surface area (Å²) in [6.07, 6.45) is 3.29. The quantitative estimate of drug-likeness (QED) is 0.889. The number of hydrogen-bond donors (Lipinski definition) is 1. The second kappa shape index (κ2) is 7.77. The van der Waals surface area contributed by atoms with Gasteiger partial charge < -0.3 is 10.2 Å². The molecule has 1 N–H and O–H groups in total. The third-order valence-corrected chi connectivity index (χ3v) is 4.52. The number of nitrogens with zero attached hydrogens (tertiary/aromatic N) is 1. The van der Waals surface area contributed by atoms with Crippen molar-refractivity contribution in [2.75, 3.05) is 13.1 Å². The predicted molar refractivity (Wildman–Crippen MR) is 90.7 cm³/mol. The Bertz CT molecular complexity index is 522. The lowest BCUT2D eigenvalue weighted by Crippen LogP contribution is -2.52. The maximum absolute atomic E-state index is 12.7. The monoisotopic (exact) mass is 366 g/mol. The van der Waals surface area contributed by atoms with Crippen molar-refractivity contribution in [2.24, 2.45) is 5.92 Å². The van der Waals surface area contributed by atoms with Crippen LogP contribution in [0.25, 0.3) is 0 Å². The summed E-state index contributed by atoms with van der Waals surface area (Å²) in [5.41, 5.74) is 0.570. The molecule has 0 bridgehead atoms. The van der Waals surface area contributed by atoms with Gasteiger partial charge in [-0.15, -0.1) is 0 Å². The van der Waals surface area contributed by atoms with Gasteiger partial charge >= 0.3 is 0 Å². The van der Waals surface area contributed by atoms with E-state index in [0.717, 1.165) is 30.4 Å². The van der Waals surface area contributed by atoms with E-state index in [9.17, 15) is 9.59 Å². The van der Waals surface area contributed by atoms with E-state index in [-0.39, 0.29) is 17.7 Å². The van der Waals surface area contributed by atoms with Crippen molar-refractivity contribution in [3.05, 3.63) is 34.3 Å². The number of piperidine rings is 1. The highest BCUT2D eigenvalue weighted by Crippen LogP contribution is 2.15. The van der Waals surface area contributed by atoms with Crippen molar-refractivity contribution in [1.82, 2.24) is 10.2 Å². The Balaban J connectivity index is 2.06. The normalized spacial score (nSPS) is 16.5. The molecule has 1 atom stereocenters. The number of nitrogens with one attached hydrogen (secondary N) is 1. The van der Waals surface area contributed by atoms with E-state index in [2.05, 4.69) is 21.2 Å². The van der Waals surface area contributed by atoms with Gasteiger partial charge in [-0.05, 0) is 49.4 Å². The number of likely N-dealkylation sites (tertiary alicyclic amines) is 1. The molecular weight excluding hydrogens is 344 g/mol. The summed E-state index contributed by atoms with van der Waals surface area (Å²) in [6.45, 7) is 5.54. The van der Waals surface area contributed by atoms with Crippen LogP contribution in [0, 0.1) is 5.92 Å². The molecule has 0 saturated carbocycles. The van der Waals surface area contributed by atoms with Crippen LogP contribution >= 0.6 is 15.9 Å². The fourth-order valence-electron chi connectivity index (χ4n) is 2.65. The van der Waals surface area contributed by atoms with Gasteiger partial charge in [0.2, 0.25) is 5.91 Å². The zero-order valence-electron chi connectivity index (χ0n) is 13.1. The molecule has 1 aromatic rings. The van der Waals surface area contributed by atoms with Crippen molar-refractivity contribution in [1.29, 1.82) is 0 Å². The maximum atomic E-state index is 12.7. The fourth-order valence-corrected chi connectivity index (χ4v) is 2.91. The highest BCUT2D eigenvalue weighted by atomic mass is 79.9. The van der Waals surface area contributed by atoms with Gasteiger partial charge in [0.15, 0.2) is 0 Å². The SMILES string of the molecule is CC(C)[C@@H](NC(=O)c1ccc(Br)cc1)C(=O)N1CCCCC1. The van der Waals surface area contributed by atoms with Crippen LogP contribution in [0.15, 0.2) is 28.7 Å². The molecule has 0 unspecified atom stereocenters. The van der Waals surface area contributed by atoms with Crippen LogP contribution in [0.1, 0.15) is 43.5 Å². The minimum absolute atomic E-state index is 0.0418. The Morgan fingerprint density at radius 1 is 1.09 bits per heavy atom. The molecule has 2 rings (SSSR count). The summed E-state index contributed by atoms with van der Waals surface area (Å²) in [4.78, 5) is 26.9. The summed E-state index contributed by atoms with van der Waals surface area (Å²) >= 11 is 3.35. The number of amides is 2. The largest absolute Gasteiger partial charge is 0.341 e. The zero-order chi connectivity index (χ0) is 16.1. The van der Waals surface area contributed by atoms with Crippen LogP contribution in [0.3, 0.4) is 0 Å². The molecule has 1 aliphatic rings. The van der Waals surface area contributed by atoms with E-state index in [1.807, 2.05) is 30.9 Å². The zero-order valence-corrected chi connectivity index (χ0v) is 14.7. The first kappa shape index (κ1) is 17.0. The first-order valence-electron chi connectivity index (χ1n) is 7.84. The Morgan fingerprint density at radius 2 is 1.68 bits per heavy atom. The Hall–Kier alpha value is -1.36. The third kappa shape index (κ3) is 4.32. The van der Waals surface area contributed by atoms with Crippen LogP contribution in [-0.2, 0) is 4.79 Å². The summed E-state index contributed by atoms with van der Waals surface area (Å²) < 4.78 is 0.925. The van der Waals surface area contributed by atoms with Gasteiger partial charge in [-0.3, -0.25) is 9.59 Å². The molecule has 5 heteroatoms. The van der Waals surface area contributed by atoms with Gasteiger partial charge in [-0.25, -0.2) is 0 Å². The van der Waals surface area contributed by atoms with E-state index < -0.39 is 6.04 Å². The van der Waals surface area contributed by atoms with E-state index in [4.69, 9.17) is 0 Å². The summed E-state index contributed by atoms with van der Waals surface area (Å²) in [6, 6.07) is 6.69. The summed E-state index contributed by atoms with van der Waals surface area (Å²) in [7, 11) is 0. The summed E-state index contributed by atoms with van der Waals surface area (Å²) in [5, 5.41) is 2.90. The van der Waals surface area contributed by atoms with Crippen LogP contribution in [0.2, 0.25) is 0 Å². The lowest BCUT2D eigenvalue weighted by Gasteiger charge is -2.32. The number of rotatable bonds is 4. The first-order chi connectivity index (χ1) is 10.5. The molecule has 1 fully saturated rings. The van der Waals surface area contributed by atoms with Gasteiger partial charge in [0.1, 0.15) is 6.04 Å². The molecule has 0 aliphatic carbocycles. The maximum Gasteiger partial charge on any atom is 0.251 e. The number of carbonyl (C=O) groups is 2. The Morgan fingerprint density at radius 3 is 2.23 bits per heavy atom. The molecule has 0 radical (unpaired) electrons. The van der Waals surface area contributed by atoms with E-state index in [1.165, 1.54) is 6.42 Å². The molecule has 1 aliphatic heterocycles. The Kier molecular flexibility index (Phi) is 6.00. The molecule has 4 nitrogen and oxygen atoms in total. The van der Waals surface area contributed by atoms with Crippen molar-refractivity contribution in [3.63, 3.8) is 0 Å². The van der Waals surface area contributed by atoms with Gasteiger partial charge in [-0.1, -0.05) is 29.8 Å². The van der Waals surface area contributed by atoms with Crippen LogP contribution in [0.4, 0.5) is 0 Å². The number of carbonyl (C=O) groups excluding carboxylic acids is 2. The first-order valence-corrected chi connectivity index (χ1v) is 8.63. The highest BCUT2D eigenvalue weighted by Gasteiger charge is 2.29. The van der Waals surface area contributed by atoms with Crippen molar-refractivity contribution >= 4 is 27.7 Å². The molecule has 1 aromatic carbocycles. The van der Waals surface area contributed by atoms with Gasteiger partial charge in [0.25, 0.3) is 5.91 Å². The molecular formula is C17H23BrN2O2. The molecule has 0 aromatic heterocycles. The van der Waals surface area contributed by atoms with Crippen LogP contribution in [0.5, 0.6) is 0 Å². The second-order valence-corrected chi connectivity index (χ2v) is 7.00. The summed E-state index contributed by atoms with van der Waals surface area (Å²) in [5.74, 6) is -0.0921. The molecule has 120 valence electrons. The smallest absolute Gasteiger partial charge is 0.251 e. The topological polar surface area (TPSA) is 49.4 Å². The number of halogens is 1. The van der Waals surface area contributed by atoms with E-state index >= 15 is 0 Å². The van der Waals surface area contributed by atoms with E-state index in [0.29, 0.717) is 5.56 Å². The highest BCUT2D eigenvalue weighted by molar-refractivity contribution is 9.10. The number of benzene rings is 1.